The highest BCUT2D eigenvalue weighted by Gasteiger charge is 1.97. The standard InChI is InChI=1S/C20H22N2O2/c1-24-19-13-11-18(12-14-19)10-6-16-22-20(23)21-15-5-9-17-7-3-2-4-8-17/h2-4,7-8,11-14H,5,9,15-16H2,1H3,(H2,21,22,23). The number of hydrogen-bond donors (Lipinski definition) is 2. The number of nitrogens with one attached hydrogen (secondary N) is 2. The Morgan fingerprint density at radius 2 is 1.79 bits per heavy atom. The minimum Gasteiger partial charge on any atom is -0.497 e. The Morgan fingerprint density at radius 3 is 2.50 bits per heavy atom. The first-order valence-corrected chi connectivity index (χ1v) is 7.96. The number of urea groups is 1. The molecule has 4 nitrogen and oxygen atoms in total. The summed E-state index contributed by atoms with van der Waals surface area (Å²) in [6.45, 7) is 0.961. The smallest absolute Gasteiger partial charge is 0.315 e. The average molecular weight is 322 g/mol. The number of hydrogen-bond acceptors (Lipinski definition) is 2. The number of methoxy groups -OCH3 is 1. The summed E-state index contributed by atoms with van der Waals surface area (Å²) in [5, 5.41) is 5.56. The number of rotatable bonds is 6. The molecule has 0 aliphatic rings. The Morgan fingerprint density at radius 1 is 1.04 bits per heavy atom. The van der Waals surface area contributed by atoms with Gasteiger partial charge in [-0.1, -0.05) is 42.2 Å². The molecule has 0 fully saturated rings. The van der Waals surface area contributed by atoms with E-state index in [1.807, 2.05) is 42.5 Å². The van der Waals surface area contributed by atoms with Gasteiger partial charge in [0.05, 0.1) is 13.7 Å². The van der Waals surface area contributed by atoms with Crippen molar-refractivity contribution in [3.63, 3.8) is 0 Å². The zero-order valence-electron chi connectivity index (χ0n) is 13.8. The van der Waals surface area contributed by atoms with Crippen molar-refractivity contribution in [1.82, 2.24) is 10.6 Å². The Labute approximate surface area is 143 Å². The van der Waals surface area contributed by atoms with Gasteiger partial charge in [-0.2, -0.15) is 0 Å². The van der Waals surface area contributed by atoms with E-state index in [2.05, 4.69) is 34.6 Å². The van der Waals surface area contributed by atoms with Crippen molar-refractivity contribution in [2.75, 3.05) is 20.2 Å². The fourth-order valence-electron chi connectivity index (χ4n) is 2.15. The second-order valence-electron chi connectivity index (χ2n) is 5.23. The summed E-state index contributed by atoms with van der Waals surface area (Å²) >= 11 is 0. The molecule has 2 amide bonds. The minimum atomic E-state index is -0.188. The van der Waals surface area contributed by atoms with Crippen molar-refractivity contribution >= 4 is 6.03 Å². The lowest BCUT2D eigenvalue weighted by atomic mass is 10.1. The summed E-state index contributed by atoms with van der Waals surface area (Å²) in [6.07, 6.45) is 1.87. The summed E-state index contributed by atoms with van der Waals surface area (Å²) in [7, 11) is 1.63. The van der Waals surface area contributed by atoms with Gasteiger partial charge in [0.1, 0.15) is 5.75 Å². The molecule has 4 heteroatoms. The summed E-state index contributed by atoms with van der Waals surface area (Å²) in [4.78, 5) is 11.6. The van der Waals surface area contributed by atoms with Crippen molar-refractivity contribution in [2.45, 2.75) is 12.8 Å². The monoisotopic (exact) mass is 322 g/mol. The van der Waals surface area contributed by atoms with Crippen molar-refractivity contribution in [1.29, 1.82) is 0 Å². The van der Waals surface area contributed by atoms with Gasteiger partial charge >= 0.3 is 6.03 Å². The van der Waals surface area contributed by atoms with Crippen LogP contribution in [0.3, 0.4) is 0 Å². The molecule has 2 aromatic rings. The molecule has 0 aliphatic carbocycles. The molecule has 2 aromatic carbocycles. The molecule has 124 valence electrons. The molecule has 0 atom stereocenters. The SMILES string of the molecule is COc1ccc(C#CCNC(=O)NCCCc2ccccc2)cc1. The third kappa shape index (κ3) is 6.45. The number of aryl methyl sites for hydroxylation is 1. The van der Waals surface area contributed by atoms with E-state index in [0.29, 0.717) is 13.1 Å². The van der Waals surface area contributed by atoms with Crippen LogP contribution < -0.4 is 15.4 Å². The molecule has 2 N–H and O–H groups in total. The van der Waals surface area contributed by atoms with E-state index in [9.17, 15) is 4.79 Å². The maximum absolute atomic E-state index is 11.6. The number of amides is 2. The Hall–Kier alpha value is -2.93. The summed E-state index contributed by atoms with van der Waals surface area (Å²) in [5.41, 5.74) is 2.17. The molecule has 0 aromatic heterocycles. The fourth-order valence-corrected chi connectivity index (χ4v) is 2.15. The van der Waals surface area contributed by atoms with Crippen LogP contribution >= 0.6 is 0 Å². The highest BCUT2D eigenvalue weighted by molar-refractivity contribution is 5.74. The quantitative estimate of drug-likeness (QED) is 0.634. The summed E-state index contributed by atoms with van der Waals surface area (Å²) < 4.78 is 5.09. The van der Waals surface area contributed by atoms with E-state index in [-0.39, 0.29) is 6.03 Å². The fraction of sp³-hybridized carbons (Fsp3) is 0.250. The summed E-state index contributed by atoms with van der Waals surface area (Å²) in [5.74, 6) is 6.72. The Kier molecular flexibility index (Phi) is 7.23. The van der Waals surface area contributed by atoms with Crippen molar-refractivity contribution in [3.05, 3.63) is 65.7 Å². The van der Waals surface area contributed by atoms with E-state index in [1.165, 1.54) is 5.56 Å². The van der Waals surface area contributed by atoms with Crippen molar-refractivity contribution in [3.8, 4) is 17.6 Å². The topological polar surface area (TPSA) is 50.4 Å². The van der Waals surface area contributed by atoms with Gasteiger partial charge in [-0.15, -0.1) is 0 Å². The molecule has 0 radical (unpaired) electrons. The third-order valence-corrected chi connectivity index (χ3v) is 3.43. The van der Waals surface area contributed by atoms with E-state index >= 15 is 0 Å². The van der Waals surface area contributed by atoms with Gasteiger partial charge in [0.2, 0.25) is 0 Å². The van der Waals surface area contributed by atoms with Crippen LogP contribution in [0.2, 0.25) is 0 Å². The van der Waals surface area contributed by atoms with Crippen LogP contribution in [0.4, 0.5) is 4.79 Å². The van der Waals surface area contributed by atoms with E-state index in [0.717, 1.165) is 24.2 Å². The van der Waals surface area contributed by atoms with Gasteiger partial charge in [0.25, 0.3) is 0 Å². The van der Waals surface area contributed by atoms with Gasteiger partial charge < -0.3 is 15.4 Å². The summed E-state index contributed by atoms with van der Waals surface area (Å²) in [6, 6.07) is 17.5. The van der Waals surface area contributed by atoms with Gasteiger partial charge in [-0.25, -0.2) is 4.79 Å². The molecule has 0 unspecified atom stereocenters. The maximum atomic E-state index is 11.6. The van der Waals surface area contributed by atoms with Gasteiger partial charge in [0.15, 0.2) is 0 Å². The highest BCUT2D eigenvalue weighted by atomic mass is 16.5. The number of carbonyl (C=O) groups excluding carboxylic acids is 1. The first-order valence-electron chi connectivity index (χ1n) is 7.96. The zero-order valence-corrected chi connectivity index (χ0v) is 13.8. The van der Waals surface area contributed by atoms with Crippen LogP contribution in [-0.2, 0) is 6.42 Å². The predicted molar refractivity (Wildman–Crippen MR) is 96.0 cm³/mol. The molecule has 24 heavy (non-hydrogen) atoms. The van der Waals surface area contributed by atoms with E-state index in [1.54, 1.807) is 7.11 Å². The van der Waals surface area contributed by atoms with Crippen LogP contribution in [0.15, 0.2) is 54.6 Å². The molecular formula is C20H22N2O2. The van der Waals surface area contributed by atoms with Crippen molar-refractivity contribution in [2.24, 2.45) is 0 Å². The van der Waals surface area contributed by atoms with Gasteiger partial charge in [0, 0.05) is 12.1 Å². The first-order chi connectivity index (χ1) is 11.8. The van der Waals surface area contributed by atoms with E-state index < -0.39 is 0 Å². The number of ether oxygens (including phenoxy) is 1. The molecule has 2 rings (SSSR count). The van der Waals surface area contributed by atoms with Crippen LogP contribution in [0, 0.1) is 11.8 Å². The highest BCUT2D eigenvalue weighted by Crippen LogP contribution is 2.09. The number of benzene rings is 2. The zero-order chi connectivity index (χ0) is 17.0. The van der Waals surface area contributed by atoms with E-state index in [4.69, 9.17) is 4.74 Å². The van der Waals surface area contributed by atoms with Gasteiger partial charge in [-0.05, 0) is 42.7 Å². The molecular weight excluding hydrogens is 300 g/mol. The first kappa shape index (κ1) is 17.4. The molecule has 0 saturated heterocycles. The lowest BCUT2D eigenvalue weighted by molar-refractivity contribution is 0.242. The Balaban J connectivity index is 1.60. The lowest BCUT2D eigenvalue weighted by Gasteiger charge is -2.05. The molecule has 0 saturated carbocycles. The maximum Gasteiger partial charge on any atom is 0.315 e. The van der Waals surface area contributed by atoms with Crippen LogP contribution in [-0.4, -0.2) is 26.2 Å². The predicted octanol–water partition coefficient (Wildman–Crippen LogP) is 2.98. The normalized spacial score (nSPS) is 9.54. The number of carbonyl (C=O) groups is 1. The average Bonchev–Trinajstić information content (AvgIpc) is 2.64. The van der Waals surface area contributed by atoms with Gasteiger partial charge in [-0.3, -0.25) is 0 Å². The molecule has 0 aliphatic heterocycles. The molecule has 0 bridgehead atoms. The third-order valence-electron chi connectivity index (χ3n) is 3.43. The Bertz CT molecular complexity index is 685. The molecule has 0 heterocycles. The minimum absolute atomic E-state index is 0.188. The van der Waals surface area contributed by atoms with Crippen LogP contribution in [0.1, 0.15) is 17.5 Å². The largest absolute Gasteiger partial charge is 0.497 e. The second kappa shape index (κ2) is 9.96. The van der Waals surface area contributed by atoms with Crippen molar-refractivity contribution < 1.29 is 9.53 Å². The molecule has 0 spiro atoms. The lowest BCUT2D eigenvalue weighted by Crippen LogP contribution is -2.36. The van der Waals surface area contributed by atoms with Crippen LogP contribution in [0.5, 0.6) is 5.75 Å². The second-order valence-corrected chi connectivity index (χ2v) is 5.23. The van der Waals surface area contributed by atoms with Crippen LogP contribution in [0.25, 0.3) is 0 Å².